The Bertz CT molecular complexity index is 612. The number of benzene rings is 1. The second-order valence-electron chi connectivity index (χ2n) is 4.31. The van der Waals surface area contributed by atoms with E-state index in [1.807, 2.05) is 48.5 Å². The third-order valence-electron chi connectivity index (χ3n) is 2.86. The normalized spacial score (nSPS) is 9.45. The first-order chi connectivity index (χ1) is 9.77. The van der Waals surface area contributed by atoms with E-state index in [1.165, 1.54) is 0 Å². The number of anilines is 1. The summed E-state index contributed by atoms with van der Waals surface area (Å²) in [5, 5.41) is 0. The van der Waals surface area contributed by atoms with Gasteiger partial charge >= 0.3 is 0 Å². The van der Waals surface area contributed by atoms with Crippen LogP contribution in [0.15, 0.2) is 54.7 Å². The topological polar surface area (TPSA) is 33.2 Å². The number of carbonyl (C=O) groups excluding carboxylic acids is 1. The summed E-state index contributed by atoms with van der Waals surface area (Å²) >= 11 is 0. The van der Waals surface area contributed by atoms with Crippen molar-refractivity contribution in [3.63, 3.8) is 0 Å². The van der Waals surface area contributed by atoms with E-state index in [1.54, 1.807) is 18.1 Å². The van der Waals surface area contributed by atoms with Gasteiger partial charge in [0.25, 0.3) is 0 Å². The van der Waals surface area contributed by atoms with Crippen LogP contribution in [0.3, 0.4) is 0 Å². The standard InChI is InChI=1S/C17H16N2O/c1-19(16-11-3-2-4-12-16)17(20)13-6-5-9-15-10-7-8-14-18-15/h2-4,7-8,10-12,14H,6,13H2,1H3. The summed E-state index contributed by atoms with van der Waals surface area (Å²) in [6.45, 7) is 0. The lowest BCUT2D eigenvalue weighted by Crippen LogP contribution is -2.25. The van der Waals surface area contributed by atoms with Gasteiger partial charge in [0.1, 0.15) is 5.69 Å². The Hall–Kier alpha value is -2.60. The summed E-state index contributed by atoms with van der Waals surface area (Å²) < 4.78 is 0. The molecular weight excluding hydrogens is 248 g/mol. The van der Waals surface area contributed by atoms with E-state index >= 15 is 0 Å². The molecule has 0 aliphatic rings. The number of para-hydroxylation sites is 1. The van der Waals surface area contributed by atoms with Crippen LogP contribution in [0, 0.1) is 11.8 Å². The summed E-state index contributed by atoms with van der Waals surface area (Å²) in [5.74, 6) is 5.99. The molecule has 1 aromatic heterocycles. The Balaban J connectivity index is 1.86. The molecule has 0 fully saturated rings. The van der Waals surface area contributed by atoms with E-state index in [-0.39, 0.29) is 5.91 Å². The van der Waals surface area contributed by atoms with E-state index in [0.29, 0.717) is 12.8 Å². The maximum absolute atomic E-state index is 12.0. The lowest BCUT2D eigenvalue weighted by Gasteiger charge is -2.16. The van der Waals surface area contributed by atoms with Crippen LogP contribution < -0.4 is 4.90 Å². The second kappa shape index (κ2) is 7.10. The molecule has 1 amide bonds. The SMILES string of the molecule is CN(C(=O)CCC#Cc1ccccn1)c1ccccc1. The Morgan fingerprint density at radius 2 is 1.90 bits per heavy atom. The van der Waals surface area contributed by atoms with Crippen molar-refractivity contribution in [3.05, 3.63) is 60.4 Å². The van der Waals surface area contributed by atoms with Crippen molar-refractivity contribution in [2.75, 3.05) is 11.9 Å². The average Bonchev–Trinajstić information content (AvgIpc) is 2.52. The molecule has 0 aliphatic heterocycles. The molecule has 1 heterocycles. The predicted octanol–water partition coefficient (Wildman–Crippen LogP) is 2.88. The molecule has 0 saturated heterocycles. The Labute approximate surface area is 119 Å². The highest BCUT2D eigenvalue weighted by atomic mass is 16.2. The number of pyridine rings is 1. The van der Waals surface area contributed by atoms with E-state index in [2.05, 4.69) is 16.8 Å². The molecule has 100 valence electrons. The highest BCUT2D eigenvalue weighted by Crippen LogP contribution is 2.12. The van der Waals surface area contributed by atoms with Crippen LogP contribution in [0.5, 0.6) is 0 Å². The smallest absolute Gasteiger partial charge is 0.227 e. The average molecular weight is 264 g/mol. The third kappa shape index (κ3) is 3.96. The van der Waals surface area contributed by atoms with Crippen LogP contribution in [0.2, 0.25) is 0 Å². The van der Waals surface area contributed by atoms with Crippen molar-refractivity contribution >= 4 is 11.6 Å². The highest BCUT2D eigenvalue weighted by molar-refractivity contribution is 5.92. The lowest BCUT2D eigenvalue weighted by atomic mass is 10.2. The molecule has 1 aromatic carbocycles. The molecule has 3 heteroatoms. The molecule has 0 unspecified atom stereocenters. The van der Waals surface area contributed by atoms with Gasteiger partial charge in [-0.15, -0.1) is 0 Å². The van der Waals surface area contributed by atoms with Crippen molar-refractivity contribution < 1.29 is 4.79 Å². The fourth-order valence-corrected chi connectivity index (χ4v) is 1.72. The van der Waals surface area contributed by atoms with Crippen molar-refractivity contribution in [2.45, 2.75) is 12.8 Å². The maximum atomic E-state index is 12.0. The summed E-state index contributed by atoms with van der Waals surface area (Å²) in [5.41, 5.74) is 1.63. The van der Waals surface area contributed by atoms with Crippen molar-refractivity contribution in [1.29, 1.82) is 0 Å². The summed E-state index contributed by atoms with van der Waals surface area (Å²) in [4.78, 5) is 17.8. The van der Waals surface area contributed by atoms with Crippen molar-refractivity contribution in [3.8, 4) is 11.8 Å². The zero-order chi connectivity index (χ0) is 14.2. The molecule has 0 radical (unpaired) electrons. The van der Waals surface area contributed by atoms with Gasteiger partial charge in [0.2, 0.25) is 5.91 Å². The number of hydrogen-bond donors (Lipinski definition) is 0. The summed E-state index contributed by atoms with van der Waals surface area (Å²) in [6, 6.07) is 15.2. The minimum Gasteiger partial charge on any atom is -0.315 e. The molecular formula is C17H16N2O. The number of hydrogen-bond acceptors (Lipinski definition) is 2. The molecule has 0 atom stereocenters. The molecule has 2 rings (SSSR count). The number of aromatic nitrogens is 1. The minimum absolute atomic E-state index is 0.0616. The van der Waals surface area contributed by atoms with Gasteiger partial charge in [-0.3, -0.25) is 4.79 Å². The van der Waals surface area contributed by atoms with E-state index < -0.39 is 0 Å². The van der Waals surface area contributed by atoms with Crippen LogP contribution in [-0.4, -0.2) is 17.9 Å². The lowest BCUT2D eigenvalue weighted by molar-refractivity contribution is -0.118. The van der Waals surface area contributed by atoms with Gasteiger partial charge in [0, 0.05) is 31.8 Å². The van der Waals surface area contributed by atoms with Crippen molar-refractivity contribution in [1.82, 2.24) is 4.98 Å². The monoisotopic (exact) mass is 264 g/mol. The van der Waals surface area contributed by atoms with Gasteiger partial charge in [-0.25, -0.2) is 4.98 Å². The van der Waals surface area contributed by atoms with E-state index in [9.17, 15) is 4.79 Å². The largest absolute Gasteiger partial charge is 0.315 e. The summed E-state index contributed by atoms with van der Waals surface area (Å²) in [6.07, 6.45) is 2.65. The first-order valence-electron chi connectivity index (χ1n) is 6.49. The zero-order valence-electron chi connectivity index (χ0n) is 11.4. The molecule has 0 N–H and O–H groups in total. The number of rotatable bonds is 3. The number of carbonyl (C=O) groups is 1. The first kappa shape index (κ1) is 13.8. The number of amides is 1. The highest BCUT2D eigenvalue weighted by Gasteiger charge is 2.08. The van der Waals surface area contributed by atoms with Crippen LogP contribution in [0.1, 0.15) is 18.5 Å². The van der Waals surface area contributed by atoms with Gasteiger partial charge in [0.05, 0.1) is 0 Å². The Kier molecular flexibility index (Phi) is 4.91. The van der Waals surface area contributed by atoms with Crippen LogP contribution in [-0.2, 0) is 4.79 Å². The van der Waals surface area contributed by atoms with Crippen molar-refractivity contribution in [2.24, 2.45) is 0 Å². The van der Waals surface area contributed by atoms with Crippen LogP contribution in [0.4, 0.5) is 5.69 Å². The second-order valence-corrected chi connectivity index (χ2v) is 4.31. The van der Waals surface area contributed by atoms with Crippen LogP contribution in [0.25, 0.3) is 0 Å². The van der Waals surface area contributed by atoms with Gasteiger partial charge in [-0.1, -0.05) is 30.2 Å². The third-order valence-corrected chi connectivity index (χ3v) is 2.86. The predicted molar refractivity (Wildman–Crippen MR) is 80.2 cm³/mol. The summed E-state index contributed by atoms with van der Waals surface area (Å²) in [7, 11) is 1.78. The van der Waals surface area contributed by atoms with Gasteiger partial charge in [-0.2, -0.15) is 0 Å². The molecule has 0 saturated carbocycles. The zero-order valence-corrected chi connectivity index (χ0v) is 11.4. The molecule has 0 bridgehead atoms. The Morgan fingerprint density at radius 1 is 1.15 bits per heavy atom. The maximum Gasteiger partial charge on any atom is 0.227 e. The fraction of sp³-hybridized carbons (Fsp3) is 0.176. The minimum atomic E-state index is 0.0616. The quantitative estimate of drug-likeness (QED) is 0.799. The fourth-order valence-electron chi connectivity index (χ4n) is 1.72. The molecule has 2 aromatic rings. The molecule has 3 nitrogen and oxygen atoms in total. The molecule has 0 spiro atoms. The van der Waals surface area contributed by atoms with Gasteiger partial charge in [0.15, 0.2) is 0 Å². The first-order valence-corrected chi connectivity index (χ1v) is 6.49. The van der Waals surface area contributed by atoms with Gasteiger partial charge < -0.3 is 4.90 Å². The van der Waals surface area contributed by atoms with Crippen LogP contribution >= 0.6 is 0 Å². The Morgan fingerprint density at radius 3 is 2.60 bits per heavy atom. The van der Waals surface area contributed by atoms with Gasteiger partial charge in [-0.05, 0) is 30.2 Å². The molecule has 20 heavy (non-hydrogen) atoms. The van der Waals surface area contributed by atoms with E-state index in [4.69, 9.17) is 0 Å². The number of nitrogens with zero attached hydrogens (tertiary/aromatic N) is 2. The molecule has 0 aliphatic carbocycles. The van der Waals surface area contributed by atoms with E-state index in [0.717, 1.165) is 11.4 Å².